The molecule has 1 aromatic rings. The van der Waals surface area contributed by atoms with Crippen molar-refractivity contribution in [2.75, 3.05) is 6.54 Å². The molecule has 0 spiro atoms. The van der Waals surface area contributed by atoms with Gasteiger partial charge in [0.05, 0.1) is 10.0 Å². The summed E-state index contributed by atoms with van der Waals surface area (Å²) in [5.41, 5.74) is 7.85. The van der Waals surface area contributed by atoms with E-state index in [2.05, 4.69) is 0 Å². The van der Waals surface area contributed by atoms with Crippen molar-refractivity contribution < 1.29 is 0 Å². The van der Waals surface area contributed by atoms with Crippen molar-refractivity contribution in [2.24, 2.45) is 5.73 Å². The Bertz CT molecular complexity index is 297. The van der Waals surface area contributed by atoms with E-state index in [4.69, 9.17) is 28.9 Å². The Morgan fingerprint density at radius 3 is 2.46 bits per heavy atom. The van der Waals surface area contributed by atoms with Crippen LogP contribution >= 0.6 is 23.2 Å². The van der Waals surface area contributed by atoms with Crippen LogP contribution in [0.1, 0.15) is 17.5 Å². The summed E-state index contributed by atoms with van der Waals surface area (Å²) >= 11 is 11.8. The molecular formula is C10H13Cl2N. The van der Waals surface area contributed by atoms with E-state index in [1.165, 1.54) is 11.1 Å². The van der Waals surface area contributed by atoms with Crippen LogP contribution in [0.4, 0.5) is 0 Å². The van der Waals surface area contributed by atoms with Gasteiger partial charge >= 0.3 is 0 Å². The lowest BCUT2D eigenvalue weighted by Crippen LogP contribution is -2.01. The Hall–Kier alpha value is -0.240. The van der Waals surface area contributed by atoms with Crippen molar-refractivity contribution in [3.63, 3.8) is 0 Å². The van der Waals surface area contributed by atoms with E-state index in [-0.39, 0.29) is 0 Å². The largest absolute Gasteiger partial charge is 0.330 e. The summed E-state index contributed by atoms with van der Waals surface area (Å²) in [6, 6.07) is 3.82. The number of halogens is 2. The first-order chi connectivity index (χ1) is 6.15. The smallest absolute Gasteiger partial charge is 0.0595 e. The number of hydrogen-bond acceptors (Lipinski definition) is 1. The van der Waals surface area contributed by atoms with Crippen molar-refractivity contribution in [3.05, 3.63) is 33.3 Å². The van der Waals surface area contributed by atoms with Gasteiger partial charge in [0.2, 0.25) is 0 Å². The Kier molecular flexibility index (Phi) is 4.04. The third-order valence-corrected chi connectivity index (χ3v) is 2.75. The molecular weight excluding hydrogens is 205 g/mol. The Balaban J connectivity index is 2.88. The van der Waals surface area contributed by atoms with Gasteiger partial charge in [-0.15, -0.1) is 0 Å². The second-order valence-electron chi connectivity index (χ2n) is 3.09. The van der Waals surface area contributed by atoms with Gasteiger partial charge in [0.25, 0.3) is 0 Å². The minimum Gasteiger partial charge on any atom is -0.330 e. The topological polar surface area (TPSA) is 26.0 Å². The molecule has 13 heavy (non-hydrogen) atoms. The molecule has 3 heteroatoms. The van der Waals surface area contributed by atoms with Crippen LogP contribution in [0.15, 0.2) is 12.1 Å². The van der Waals surface area contributed by atoms with E-state index >= 15 is 0 Å². The Morgan fingerprint density at radius 1 is 1.23 bits per heavy atom. The fourth-order valence-electron chi connectivity index (χ4n) is 1.25. The van der Waals surface area contributed by atoms with Gasteiger partial charge in [0.15, 0.2) is 0 Å². The first-order valence-electron chi connectivity index (χ1n) is 4.29. The molecule has 0 amide bonds. The zero-order valence-corrected chi connectivity index (χ0v) is 9.12. The van der Waals surface area contributed by atoms with Crippen LogP contribution in [0, 0.1) is 6.92 Å². The maximum Gasteiger partial charge on any atom is 0.0595 e. The lowest BCUT2D eigenvalue weighted by Gasteiger charge is -2.06. The third kappa shape index (κ3) is 2.87. The maximum atomic E-state index is 5.90. The average Bonchev–Trinajstić information content (AvgIpc) is 2.09. The van der Waals surface area contributed by atoms with Crippen LogP contribution < -0.4 is 5.73 Å². The van der Waals surface area contributed by atoms with E-state index in [9.17, 15) is 0 Å². The lowest BCUT2D eigenvalue weighted by molar-refractivity contribution is 0.828. The number of rotatable bonds is 3. The van der Waals surface area contributed by atoms with E-state index in [1.807, 2.05) is 19.1 Å². The molecule has 1 rings (SSSR count). The van der Waals surface area contributed by atoms with E-state index in [0.29, 0.717) is 16.6 Å². The predicted octanol–water partition coefficient (Wildman–Crippen LogP) is 3.19. The number of aryl methyl sites for hydroxylation is 2. The summed E-state index contributed by atoms with van der Waals surface area (Å²) in [7, 11) is 0. The summed E-state index contributed by atoms with van der Waals surface area (Å²) < 4.78 is 0. The highest BCUT2D eigenvalue weighted by atomic mass is 35.5. The number of hydrogen-bond donors (Lipinski definition) is 1. The zero-order valence-electron chi connectivity index (χ0n) is 7.61. The first-order valence-corrected chi connectivity index (χ1v) is 5.05. The molecule has 0 atom stereocenters. The quantitative estimate of drug-likeness (QED) is 0.828. The van der Waals surface area contributed by atoms with Crippen LogP contribution in [0.5, 0.6) is 0 Å². The summed E-state index contributed by atoms with van der Waals surface area (Å²) in [5.74, 6) is 0. The average molecular weight is 218 g/mol. The predicted molar refractivity (Wildman–Crippen MR) is 58.6 cm³/mol. The third-order valence-electron chi connectivity index (χ3n) is 2.03. The van der Waals surface area contributed by atoms with E-state index in [0.717, 1.165) is 12.8 Å². The van der Waals surface area contributed by atoms with Gasteiger partial charge < -0.3 is 5.73 Å². The van der Waals surface area contributed by atoms with Crippen molar-refractivity contribution in [3.8, 4) is 0 Å². The standard InChI is InChI=1S/C10H13Cl2N/c1-7-5-9(11)10(12)6-8(7)3-2-4-13/h5-6H,2-4,13H2,1H3. The SMILES string of the molecule is Cc1cc(Cl)c(Cl)cc1CCCN. The van der Waals surface area contributed by atoms with Gasteiger partial charge in [0, 0.05) is 0 Å². The van der Waals surface area contributed by atoms with Gasteiger partial charge in [0.1, 0.15) is 0 Å². The zero-order chi connectivity index (χ0) is 9.84. The van der Waals surface area contributed by atoms with Crippen molar-refractivity contribution in [2.45, 2.75) is 19.8 Å². The van der Waals surface area contributed by atoms with Gasteiger partial charge in [-0.1, -0.05) is 23.2 Å². The van der Waals surface area contributed by atoms with Gasteiger partial charge in [-0.05, 0) is 49.6 Å². The molecule has 0 aliphatic heterocycles. The van der Waals surface area contributed by atoms with Crippen LogP contribution in [0.2, 0.25) is 10.0 Å². The van der Waals surface area contributed by atoms with E-state index < -0.39 is 0 Å². The minimum absolute atomic E-state index is 0.621. The van der Waals surface area contributed by atoms with Crippen LogP contribution in [0.25, 0.3) is 0 Å². The van der Waals surface area contributed by atoms with Gasteiger partial charge in [-0.2, -0.15) is 0 Å². The molecule has 0 aliphatic carbocycles. The molecule has 2 N–H and O–H groups in total. The molecule has 1 aromatic carbocycles. The van der Waals surface area contributed by atoms with Crippen LogP contribution in [-0.4, -0.2) is 6.54 Å². The number of nitrogens with two attached hydrogens (primary N) is 1. The Labute approximate surface area is 88.8 Å². The summed E-state index contributed by atoms with van der Waals surface area (Å²) in [4.78, 5) is 0. The monoisotopic (exact) mass is 217 g/mol. The van der Waals surface area contributed by atoms with Crippen molar-refractivity contribution in [1.29, 1.82) is 0 Å². The van der Waals surface area contributed by atoms with Crippen LogP contribution in [-0.2, 0) is 6.42 Å². The molecule has 0 radical (unpaired) electrons. The summed E-state index contributed by atoms with van der Waals surface area (Å²) in [6.45, 7) is 2.74. The van der Waals surface area contributed by atoms with Gasteiger partial charge in [-0.3, -0.25) is 0 Å². The van der Waals surface area contributed by atoms with Crippen LogP contribution in [0.3, 0.4) is 0 Å². The van der Waals surface area contributed by atoms with Crippen molar-refractivity contribution in [1.82, 2.24) is 0 Å². The molecule has 0 aliphatic rings. The Morgan fingerprint density at radius 2 is 1.85 bits per heavy atom. The molecule has 0 bridgehead atoms. The first kappa shape index (κ1) is 10.8. The second-order valence-corrected chi connectivity index (χ2v) is 3.90. The molecule has 0 aromatic heterocycles. The summed E-state index contributed by atoms with van der Waals surface area (Å²) in [6.07, 6.45) is 1.96. The normalized spacial score (nSPS) is 10.5. The number of benzene rings is 1. The molecule has 0 fully saturated rings. The molecule has 0 saturated heterocycles. The fourth-order valence-corrected chi connectivity index (χ4v) is 1.65. The van der Waals surface area contributed by atoms with Gasteiger partial charge in [-0.25, -0.2) is 0 Å². The molecule has 0 unspecified atom stereocenters. The maximum absolute atomic E-state index is 5.90. The highest BCUT2D eigenvalue weighted by Crippen LogP contribution is 2.26. The molecule has 0 saturated carbocycles. The minimum atomic E-state index is 0.621. The van der Waals surface area contributed by atoms with Crippen molar-refractivity contribution >= 4 is 23.2 Å². The highest BCUT2D eigenvalue weighted by molar-refractivity contribution is 6.42. The highest BCUT2D eigenvalue weighted by Gasteiger charge is 2.03. The lowest BCUT2D eigenvalue weighted by atomic mass is 10.0. The second kappa shape index (κ2) is 4.85. The molecule has 0 heterocycles. The van der Waals surface area contributed by atoms with E-state index in [1.54, 1.807) is 0 Å². The molecule has 72 valence electrons. The summed E-state index contributed by atoms with van der Waals surface area (Å²) in [5, 5.41) is 1.25. The fraction of sp³-hybridized carbons (Fsp3) is 0.400. The molecule has 1 nitrogen and oxygen atoms in total.